The van der Waals surface area contributed by atoms with Gasteiger partial charge in [-0.2, -0.15) is 5.10 Å². The summed E-state index contributed by atoms with van der Waals surface area (Å²) in [5.74, 6) is 6.16. The first-order chi connectivity index (χ1) is 5.27. The van der Waals surface area contributed by atoms with Crippen molar-refractivity contribution < 1.29 is 0 Å². The van der Waals surface area contributed by atoms with Crippen LogP contribution in [-0.2, 0) is 6.54 Å². The van der Waals surface area contributed by atoms with Crippen LogP contribution in [0.5, 0.6) is 0 Å². The van der Waals surface area contributed by atoms with Crippen LogP contribution >= 0.6 is 0 Å². The predicted molar refractivity (Wildman–Crippen MR) is 45.1 cm³/mol. The molecule has 1 rings (SSSR count). The van der Waals surface area contributed by atoms with Gasteiger partial charge in [-0.1, -0.05) is 6.92 Å². The Hall–Kier alpha value is -1.03. The molecule has 0 atom stereocenters. The van der Waals surface area contributed by atoms with E-state index in [0.717, 1.165) is 24.5 Å². The van der Waals surface area contributed by atoms with Gasteiger partial charge in [0.2, 0.25) is 0 Å². The second kappa shape index (κ2) is 3.39. The first-order valence-electron chi connectivity index (χ1n) is 3.79. The summed E-state index contributed by atoms with van der Waals surface area (Å²) < 4.78 is 1.87. The maximum atomic E-state index is 5.28. The van der Waals surface area contributed by atoms with Gasteiger partial charge in [0.15, 0.2) is 0 Å². The minimum atomic E-state index is 0.879. The first-order valence-corrected chi connectivity index (χ1v) is 3.79. The van der Waals surface area contributed by atoms with E-state index in [9.17, 15) is 0 Å². The van der Waals surface area contributed by atoms with Crippen LogP contribution in [0.15, 0.2) is 6.07 Å². The van der Waals surface area contributed by atoms with Gasteiger partial charge >= 0.3 is 0 Å². The summed E-state index contributed by atoms with van der Waals surface area (Å²) in [6.45, 7) is 4.97. The molecule has 0 aliphatic carbocycles. The number of hydrogen-bond donors (Lipinski definition) is 2. The molecule has 1 aromatic rings. The van der Waals surface area contributed by atoms with Crippen molar-refractivity contribution in [3.63, 3.8) is 0 Å². The Bertz CT molecular complexity index is 228. The molecule has 0 spiro atoms. The highest BCUT2D eigenvalue weighted by Gasteiger charge is 2.00. The Labute approximate surface area is 66.4 Å². The van der Waals surface area contributed by atoms with E-state index in [1.165, 1.54) is 0 Å². The van der Waals surface area contributed by atoms with Crippen molar-refractivity contribution in [2.75, 3.05) is 5.43 Å². The van der Waals surface area contributed by atoms with E-state index in [2.05, 4.69) is 17.4 Å². The van der Waals surface area contributed by atoms with Gasteiger partial charge in [0.1, 0.15) is 5.82 Å². The lowest BCUT2D eigenvalue weighted by Crippen LogP contribution is -2.12. The lowest BCUT2D eigenvalue weighted by molar-refractivity contribution is 0.603. The van der Waals surface area contributed by atoms with Crippen molar-refractivity contribution in [3.05, 3.63) is 11.8 Å². The number of aromatic nitrogens is 2. The molecule has 62 valence electrons. The Kier molecular flexibility index (Phi) is 2.48. The van der Waals surface area contributed by atoms with Crippen LogP contribution in [0.1, 0.15) is 19.0 Å². The van der Waals surface area contributed by atoms with Crippen molar-refractivity contribution in [2.45, 2.75) is 26.8 Å². The van der Waals surface area contributed by atoms with E-state index in [1.807, 2.05) is 17.7 Å². The summed E-state index contributed by atoms with van der Waals surface area (Å²) in [6, 6.07) is 1.93. The van der Waals surface area contributed by atoms with Crippen molar-refractivity contribution >= 4 is 5.82 Å². The smallest absolute Gasteiger partial charge is 0.138 e. The van der Waals surface area contributed by atoms with Gasteiger partial charge < -0.3 is 5.43 Å². The van der Waals surface area contributed by atoms with E-state index < -0.39 is 0 Å². The van der Waals surface area contributed by atoms with Gasteiger partial charge in [0, 0.05) is 12.6 Å². The van der Waals surface area contributed by atoms with Crippen molar-refractivity contribution in [2.24, 2.45) is 5.84 Å². The highest BCUT2D eigenvalue weighted by atomic mass is 15.4. The molecule has 0 unspecified atom stereocenters. The van der Waals surface area contributed by atoms with Gasteiger partial charge in [-0.3, -0.25) is 0 Å². The van der Waals surface area contributed by atoms with E-state index in [4.69, 9.17) is 5.84 Å². The molecule has 11 heavy (non-hydrogen) atoms. The average Bonchev–Trinajstić information content (AvgIpc) is 2.32. The molecule has 0 radical (unpaired) electrons. The molecule has 0 aliphatic heterocycles. The number of hydrazine groups is 1. The van der Waals surface area contributed by atoms with Crippen molar-refractivity contribution in [1.29, 1.82) is 0 Å². The molecule has 4 heteroatoms. The fraction of sp³-hybridized carbons (Fsp3) is 0.571. The number of nitrogen functional groups attached to an aromatic ring is 1. The molecule has 0 fully saturated rings. The normalized spacial score (nSPS) is 10.1. The fourth-order valence-corrected chi connectivity index (χ4v) is 1.04. The zero-order valence-corrected chi connectivity index (χ0v) is 6.96. The molecular weight excluding hydrogens is 140 g/mol. The highest BCUT2D eigenvalue weighted by molar-refractivity contribution is 5.34. The molecule has 4 nitrogen and oxygen atoms in total. The highest BCUT2D eigenvalue weighted by Crippen LogP contribution is 2.08. The molecule has 0 saturated carbocycles. The van der Waals surface area contributed by atoms with Crippen LogP contribution < -0.4 is 11.3 Å². The Morgan fingerprint density at radius 3 is 3.00 bits per heavy atom. The Balaban J connectivity index is 2.83. The quantitative estimate of drug-likeness (QED) is 0.502. The molecular formula is C7H14N4. The summed E-state index contributed by atoms with van der Waals surface area (Å²) in [7, 11) is 0. The Morgan fingerprint density at radius 1 is 1.73 bits per heavy atom. The lowest BCUT2D eigenvalue weighted by atomic mass is 10.4. The summed E-state index contributed by atoms with van der Waals surface area (Å²) >= 11 is 0. The summed E-state index contributed by atoms with van der Waals surface area (Å²) in [4.78, 5) is 0. The van der Waals surface area contributed by atoms with Gasteiger partial charge in [-0.05, 0) is 13.3 Å². The van der Waals surface area contributed by atoms with Gasteiger partial charge in [-0.15, -0.1) is 0 Å². The second-order valence-electron chi connectivity index (χ2n) is 2.54. The number of nitrogens with two attached hydrogens (primary N) is 1. The fourth-order valence-electron chi connectivity index (χ4n) is 1.04. The van der Waals surface area contributed by atoms with Crippen LogP contribution in [-0.4, -0.2) is 9.78 Å². The molecule has 0 aliphatic rings. The average molecular weight is 154 g/mol. The van der Waals surface area contributed by atoms with Gasteiger partial charge in [0.25, 0.3) is 0 Å². The topological polar surface area (TPSA) is 55.9 Å². The molecule has 0 bridgehead atoms. The monoisotopic (exact) mass is 154 g/mol. The number of nitrogens with zero attached hydrogens (tertiary/aromatic N) is 2. The van der Waals surface area contributed by atoms with Gasteiger partial charge in [-0.25, -0.2) is 10.5 Å². The number of hydrogen-bond acceptors (Lipinski definition) is 3. The number of rotatable bonds is 3. The molecule has 1 heterocycles. The number of nitrogens with one attached hydrogen (secondary N) is 1. The van der Waals surface area contributed by atoms with E-state index >= 15 is 0 Å². The van der Waals surface area contributed by atoms with E-state index in [0.29, 0.717) is 0 Å². The third-order valence-corrected chi connectivity index (χ3v) is 1.49. The maximum absolute atomic E-state index is 5.28. The number of aryl methyl sites for hydroxylation is 2. The molecule has 0 aromatic carbocycles. The van der Waals surface area contributed by atoms with Gasteiger partial charge in [0.05, 0.1) is 5.69 Å². The standard InChI is InChI=1S/C7H14N4/c1-3-4-11-7(9-8)5-6(2)10-11/h5,9H,3-4,8H2,1-2H3. The molecule has 1 aromatic heterocycles. The maximum Gasteiger partial charge on any atom is 0.138 e. The number of anilines is 1. The minimum absolute atomic E-state index is 0.879. The van der Waals surface area contributed by atoms with E-state index in [1.54, 1.807) is 0 Å². The summed E-state index contributed by atoms with van der Waals surface area (Å²) in [6.07, 6.45) is 1.07. The Morgan fingerprint density at radius 2 is 2.45 bits per heavy atom. The van der Waals surface area contributed by atoms with Crippen LogP contribution in [0.2, 0.25) is 0 Å². The largest absolute Gasteiger partial charge is 0.309 e. The van der Waals surface area contributed by atoms with Crippen LogP contribution in [0.3, 0.4) is 0 Å². The minimum Gasteiger partial charge on any atom is -0.309 e. The predicted octanol–water partition coefficient (Wildman–Crippen LogP) is 0.887. The summed E-state index contributed by atoms with van der Waals surface area (Å²) in [5, 5.41) is 4.25. The lowest BCUT2D eigenvalue weighted by Gasteiger charge is -2.02. The molecule has 3 N–H and O–H groups in total. The first kappa shape index (κ1) is 8.07. The van der Waals surface area contributed by atoms with Crippen LogP contribution in [0.4, 0.5) is 5.82 Å². The van der Waals surface area contributed by atoms with E-state index in [-0.39, 0.29) is 0 Å². The van der Waals surface area contributed by atoms with Crippen LogP contribution in [0, 0.1) is 6.92 Å². The van der Waals surface area contributed by atoms with Crippen molar-refractivity contribution in [1.82, 2.24) is 9.78 Å². The van der Waals surface area contributed by atoms with Crippen molar-refractivity contribution in [3.8, 4) is 0 Å². The zero-order chi connectivity index (χ0) is 8.27. The van der Waals surface area contributed by atoms with Crippen LogP contribution in [0.25, 0.3) is 0 Å². The molecule has 0 amide bonds. The third-order valence-electron chi connectivity index (χ3n) is 1.49. The SMILES string of the molecule is CCCn1nc(C)cc1NN. The summed E-state index contributed by atoms with van der Waals surface area (Å²) in [5.41, 5.74) is 3.59. The third kappa shape index (κ3) is 1.71. The second-order valence-corrected chi connectivity index (χ2v) is 2.54. The molecule has 0 saturated heterocycles. The zero-order valence-electron chi connectivity index (χ0n) is 6.96.